The number of para-hydroxylation sites is 1. The molecule has 194 valence electrons. The van der Waals surface area contributed by atoms with Crippen LogP contribution in [-0.4, -0.2) is 56.5 Å². The van der Waals surface area contributed by atoms with Crippen molar-refractivity contribution in [3.63, 3.8) is 0 Å². The summed E-state index contributed by atoms with van der Waals surface area (Å²) in [4.78, 5) is 14.0. The van der Waals surface area contributed by atoms with E-state index in [2.05, 4.69) is 5.32 Å². The fourth-order valence-corrected chi connectivity index (χ4v) is 5.43. The van der Waals surface area contributed by atoms with Crippen LogP contribution in [0.3, 0.4) is 0 Å². The van der Waals surface area contributed by atoms with Gasteiger partial charge in [0.1, 0.15) is 30.5 Å². The molecule has 0 aromatic heterocycles. The van der Waals surface area contributed by atoms with Crippen molar-refractivity contribution in [3.05, 3.63) is 96.6 Å². The average Bonchev–Trinajstić information content (AvgIpc) is 2.94. The number of amides is 1. The molecule has 8 nitrogen and oxygen atoms in total. The Hall–Kier alpha value is -2.92. The number of hydrogen-bond acceptors (Lipinski definition) is 8. The number of thioether (sulfide) groups is 1. The van der Waals surface area contributed by atoms with Gasteiger partial charge < -0.3 is 28.4 Å². The van der Waals surface area contributed by atoms with Gasteiger partial charge in [0.25, 0.3) is 0 Å². The van der Waals surface area contributed by atoms with Crippen LogP contribution in [0.15, 0.2) is 95.9 Å². The molecular formula is C28H29NO7S. The zero-order chi connectivity index (χ0) is 25.5. The number of anilines is 1. The molecule has 0 unspecified atom stereocenters. The summed E-state index contributed by atoms with van der Waals surface area (Å²) in [5.41, 5.74) is 0.925. The number of hydrogen-bond donors (Lipinski definition) is 1. The Kier molecular flexibility index (Phi) is 8.72. The highest BCUT2D eigenvalue weighted by atomic mass is 32.2. The first-order chi connectivity index (χ1) is 18.2. The molecule has 0 radical (unpaired) electrons. The summed E-state index contributed by atoms with van der Waals surface area (Å²) in [5.74, 6) is 0. The van der Waals surface area contributed by atoms with Gasteiger partial charge in [0.2, 0.25) is 0 Å². The van der Waals surface area contributed by atoms with Crippen molar-refractivity contribution < 1.29 is 33.2 Å². The smallest absolute Gasteiger partial charge is 0.412 e. The van der Waals surface area contributed by atoms with Crippen molar-refractivity contribution in [3.8, 4) is 0 Å². The molecule has 3 aromatic rings. The van der Waals surface area contributed by atoms with Crippen molar-refractivity contribution in [2.75, 3.05) is 25.8 Å². The van der Waals surface area contributed by atoms with Gasteiger partial charge >= 0.3 is 6.09 Å². The molecule has 2 aliphatic heterocycles. The first-order valence-corrected chi connectivity index (χ1v) is 12.9. The Bertz CT molecular complexity index is 1120. The van der Waals surface area contributed by atoms with E-state index >= 15 is 0 Å². The van der Waals surface area contributed by atoms with Crippen LogP contribution in [-0.2, 0) is 28.4 Å². The Morgan fingerprint density at radius 1 is 0.919 bits per heavy atom. The third-order valence-corrected chi connectivity index (χ3v) is 7.15. The largest absolute Gasteiger partial charge is 0.439 e. The van der Waals surface area contributed by atoms with Crippen molar-refractivity contribution in [2.24, 2.45) is 0 Å². The third kappa shape index (κ3) is 6.51. The summed E-state index contributed by atoms with van der Waals surface area (Å²) in [6.07, 6.45) is -3.68. The molecule has 2 fully saturated rings. The molecule has 6 atom stereocenters. The van der Waals surface area contributed by atoms with Gasteiger partial charge in [-0.05, 0) is 24.3 Å². The molecule has 1 N–H and O–H groups in total. The summed E-state index contributed by atoms with van der Waals surface area (Å²) in [7, 11) is 1.54. The van der Waals surface area contributed by atoms with Crippen LogP contribution in [0.5, 0.6) is 0 Å². The monoisotopic (exact) mass is 523 g/mol. The lowest BCUT2D eigenvalue weighted by molar-refractivity contribution is -0.328. The van der Waals surface area contributed by atoms with E-state index in [4.69, 9.17) is 28.4 Å². The van der Waals surface area contributed by atoms with Crippen LogP contribution in [0.2, 0.25) is 0 Å². The third-order valence-electron chi connectivity index (χ3n) is 5.99. The van der Waals surface area contributed by atoms with E-state index in [9.17, 15) is 4.79 Å². The lowest BCUT2D eigenvalue weighted by Crippen LogP contribution is -2.63. The van der Waals surface area contributed by atoms with E-state index < -0.39 is 42.2 Å². The lowest BCUT2D eigenvalue weighted by Gasteiger charge is -2.48. The van der Waals surface area contributed by atoms with E-state index in [1.54, 1.807) is 19.2 Å². The van der Waals surface area contributed by atoms with Gasteiger partial charge in [0, 0.05) is 23.3 Å². The molecular weight excluding hydrogens is 494 g/mol. The Labute approximate surface area is 220 Å². The van der Waals surface area contributed by atoms with Crippen molar-refractivity contribution in [1.82, 2.24) is 0 Å². The maximum Gasteiger partial charge on any atom is 0.412 e. The summed E-state index contributed by atoms with van der Waals surface area (Å²) >= 11 is 1.45. The van der Waals surface area contributed by atoms with Gasteiger partial charge in [0.05, 0.1) is 6.61 Å². The molecule has 0 aliphatic carbocycles. The number of carbonyl (C=O) groups is 1. The SMILES string of the molecule is COCO[C@@H]1[C@@H](OC(=O)Nc2ccccc2)[C@H](Sc2ccccc2)O[C@@H]2CO[C@@H](c3ccccc3)O[C@@H]12. The van der Waals surface area contributed by atoms with Crippen LogP contribution >= 0.6 is 11.8 Å². The quantitative estimate of drug-likeness (QED) is 0.402. The van der Waals surface area contributed by atoms with E-state index in [0.29, 0.717) is 12.3 Å². The van der Waals surface area contributed by atoms with Gasteiger partial charge in [0.15, 0.2) is 12.4 Å². The maximum absolute atomic E-state index is 13.0. The minimum Gasteiger partial charge on any atom is -0.439 e. The fraction of sp³-hybridized carbons (Fsp3) is 0.321. The van der Waals surface area contributed by atoms with Gasteiger partial charge in [-0.15, -0.1) is 0 Å². The van der Waals surface area contributed by atoms with Gasteiger partial charge in [-0.2, -0.15) is 0 Å². The summed E-state index contributed by atoms with van der Waals surface area (Å²) in [6.45, 7) is 0.294. The standard InChI is InChI=1S/C28H29NO7S/c1-31-18-33-24-23-22(17-32-26(35-23)19-11-5-2-6-12-19)34-27(37-21-15-9-4-10-16-21)25(24)36-28(30)29-20-13-7-3-8-14-20/h2-16,22-27H,17-18H2,1H3,(H,29,30)/t22-,23-,24+,25-,26-,27+/m1/s1. The first-order valence-electron chi connectivity index (χ1n) is 12.0. The topological polar surface area (TPSA) is 84.5 Å². The average molecular weight is 524 g/mol. The van der Waals surface area contributed by atoms with Crippen LogP contribution in [0.25, 0.3) is 0 Å². The number of benzene rings is 3. The second-order valence-corrected chi connectivity index (χ2v) is 9.72. The number of carbonyl (C=O) groups excluding carboxylic acids is 1. The van der Waals surface area contributed by atoms with E-state index in [0.717, 1.165) is 10.5 Å². The first kappa shape index (κ1) is 25.7. The highest BCUT2D eigenvalue weighted by molar-refractivity contribution is 7.99. The van der Waals surface area contributed by atoms with Gasteiger partial charge in [-0.25, -0.2) is 4.79 Å². The van der Waals surface area contributed by atoms with E-state index in [1.807, 2.05) is 78.9 Å². The zero-order valence-corrected chi connectivity index (χ0v) is 21.1. The van der Waals surface area contributed by atoms with E-state index in [1.165, 1.54) is 11.8 Å². The minimum atomic E-state index is -0.806. The van der Waals surface area contributed by atoms with E-state index in [-0.39, 0.29) is 6.79 Å². The molecule has 1 amide bonds. The predicted molar refractivity (Wildman–Crippen MR) is 138 cm³/mol. The summed E-state index contributed by atoms with van der Waals surface area (Å²) in [5, 5.41) is 2.78. The zero-order valence-electron chi connectivity index (χ0n) is 20.3. The molecule has 9 heteroatoms. The fourth-order valence-electron chi connectivity index (χ4n) is 4.31. The molecule has 0 spiro atoms. The maximum atomic E-state index is 13.0. The molecule has 0 saturated carbocycles. The molecule has 37 heavy (non-hydrogen) atoms. The molecule has 5 rings (SSSR count). The van der Waals surface area contributed by atoms with Gasteiger partial charge in [-0.3, -0.25) is 5.32 Å². The number of rotatable bonds is 8. The highest BCUT2D eigenvalue weighted by Crippen LogP contribution is 2.41. The number of nitrogens with one attached hydrogen (secondary N) is 1. The Balaban J connectivity index is 1.41. The number of fused-ring (bicyclic) bond motifs is 1. The van der Waals surface area contributed by atoms with Crippen LogP contribution in [0.4, 0.5) is 10.5 Å². The van der Waals surface area contributed by atoms with Crippen LogP contribution in [0.1, 0.15) is 11.9 Å². The molecule has 3 aromatic carbocycles. The highest BCUT2D eigenvalue weighted by Gasteiger charge is 2.52. The van der Waals surface area contributed by atoms with Crippen LogP contribution in [0, 0.1) is 0 Å². The Morgan fingerprint density at radius 2 is 1.59 bits per heavy atom. The lowest BCUT2D eigenvalue weighted by atomic mass is 9.98. The number of methoxy groups -OCH3 is 1. The number of ether oxygens (including phenoxy) is 6. The van der Waals surface area contributed by atoms with Crippen molar-refractivity contribution in [1.29, 1.82) is 0 Å². The minimum absolute atomic E-state index is 0.00298. The molecule has 2 saturated heterocycles. The summed E-state index contributed by atoms with van der Waals surface area (Å²) in [6, 6.07) is 28.6. The Morgan fingerprint density at radius 3 is 2.30 bits per heavy atom. The molecule has 2 heterocycles. The second kappa shape index (κ2) is 12.6. The normalized spacial score (nSPS) is 27.2. The van der Waals surface area contributed by atoms with Crippen molar-refractivity contribution >= 4 is 23.5 Å². The second-order valence-electron chi connectivity index (χ2n) is 8.55. The van der Waals surface area contributed by atoms with Gasteiger partial charge in [-0.1, -0.05) is 78.5 Å². The van der Waals surface area contributed by atoms with Crippen LogP contribution < -0.4 is 5.32 Å². The molecule has 2 aliphatic rings. The predicted octanol–water partition coefficient (Wildman–Crippen LogP) is 5.22. The molecule has 0 bridgehead atoms. The van der Waals surface area contributed by atoms with Crippen molar-refractivity contribution in [2.45, 2.75) is 41.0 Å². The summed E-state index contributed by atoms with van der Waals surface area (Å²) < 4.78 is 36.1.